The van der Waals surface area contributed by atoms with Crippen LogP contribution in [-0.2, 0) is 11.2 Å². The Balaban J connectivity index is 1.50. The van der Waals surface area contributed by atoms with Crippen LogP contribution in [0.15, 0.2) is 29.1 Å². The maximum atomic E-state index is 12.0. The monoisotopic (exact) mass is 331 g/mol. The fraction of sp³-hybridized carbons (Fsp3) is 0.312. The predicted molar refractivity (Wildman–Crippen MR) is 86.8 cm³/mol. The number of aryl methyl sites for hydroxylation is 1. The number of nitrogens with one attached hydrogen (secondary N) is 2. The molecule has 0 fully saturated rings. The topological polar surface area (TPSA) is 80.3 Å². The highest BCUT2D eigenvalue weighted by molar-refractivity contribution is 7.07. The zero-order chi connectivity index (χ0) is 16.2. The van der Waals surface area contributed by atoms with Gasteiger partial charge in [0.2, 0.25) is 5.91 Å². The van der Waals surface area contributed by atoms with E-state index in [9.17, 15) is 9.59 Å². The molecule has 2 aromatic rings. The largest absolute Gasteiger partial charge is 0.491 e. The first kappa shape index (κ1) is 15.5. The van der Waals surface area contributed by atoms with Gasteiger partial charge in [0.05, 0.1) is 18.1 Å². The first-order chi connectivity index (χ1) is 11.1. The third-order valence-electron chi connectivity index (χ3n) is 3.63. The maximum absolute atomic E-state index is 12.0. The summed E-state index contributed by atoms with van der Waals surface area (Å²) in [7, 11) is 0. The Morgan fingerprint density at radius 2 is 2.30 bits per heavy atom. The first-order valence-corrected chi connectivity index (χ1v) is 8.25. The Hall–Kier alpha value is -2.41. The number of carbonyl (C=O) groups excluding carboxylic acids is 2. The molecule has 2 N–H and O–H groups in total. The second kappa shape index (κ2) is 6.78. The average molecular weight is 331 g/mol. The first-order valence-electron chi connectivity index (χ1n) is 7.30. The molecule has 0 bridgehead atoms. The molecule has 0 radical (unpaired) electrons. The number of fused-ring (bicyclic) bond motifs is 1. The number of aromatic nitrogens is 1. The molecule has 1 aromatic carbocycles. The summed E-state index contributed by atoms with van der Waals surface area (Å²) in [6.45, 7) is 2.36. The van der Waals surface area contributed by atoms with Crippen molar-refractivity contribution in [3.8, 4) is 5.75 Å². The summed E-state index contributed by atoms with van der Waals surface area (Å²) in [5, 5.41) is 7.08. The Bertz CT molecular complexity index is 715. The van der Waals surface area contributed by atoms with Gasteiger partial charge in [-0.05, 0) is 24.5 Å². The Labute approximate surface area is 137 Å². The van der Waals surface area contributed by atoms with Crippen LogP contribution in [0.4, 0.5) is 0 Å². The highest BCUT2D eigenvalue weighted by atomic mass is 32.1. The summed E-state index contributed by atoms with van der Waals surface area (Å²) in [6, 6.07) is 5.90. The molecule has 1 aromatic heterocycles. The van der Waals surface area contributed by atoms with Crippen molar-refractivity contribution in [3.63, 3.8) is 0 Å². The number of nitrogens with zero attached hydrogens (tertiary/aromatic N) is 1. The van der Waals surface area contributed by atoms with E-state index < -0.39 is 0 Å². The van der Waals surface area contributed by atoms with E-state index in [4.69, 9.17) is 4.74 Å². The smallest absolute Gasteiger partial charge is 0.271 e. The fourth-order valence-corrected chi connectivity index (χ4v) is 3.07. The van der Waals surface area contributed by atoms with E-state index in [0.717, 1.165) is 23.3 Å². The minimum atomic E-state index is -0.345. The molecule has 1 aliphatic rings. The van der Waals surface area contributed by atoms with E-state index in [0.29, 0.717) is 12.3 Å². The standard InChI is InChI=1S/C16H17N3O3S/c1-10-3-2-4-11-5-12(7-22-15(10)11)19-14(20)6-17-16(21)13-8-23-9-18-13/h2-4,8-9,12H,5-7H2,1H3,(H,17,21)(H,19,20). The van der Waals surface area contributed by atoms with Crippen LogP contribution in [0.3, 0.4) is 0 Å². The molecule has 1 unspecified atom stereocenters. The molecule has 0 saturated heterocycles. The minimum absolute atomic E-state index is 0.0759. The second-order valence-corrected chi connectivity index (χ2v) is 6.12. The van der Waals surface area contributed by atoms with Gasteiger partial charge in [0, 0.05) is 5.38 Å². The second-order valence-electron chi connectivity index (χ2n) is 5.40. The normalized spacial score (nSPS) is 16.1. The molecule has 2 amide bonds. The van der Waals surface area contributed by atoms with Crippen molar-refractivity contribution in [1.82, 2.24) is 15.6 Å². The number of carbonyl (C=O) groups is 2. The summed E-state index contributed by atoms with van der Waals surface area (Å²) < 4.78 is 5.74. The van der Waals surface area contributed by atoms with E-state index in [1.165, 1.54) is 11.3 Å². The van der Waals surface area contributed by atoms with Crippen LogP contribution in [0.5, 0.6) is 5.75 Å². The zero-order valence-corrected chi connectivity index (χ0v) is 13.5. The molecule has 6 nitrogen and oxygen atoms in total. The van der Waals surface area contributed by atoms with E-state index >= 15 is 0 Å². The number of amides is 2. The number of thiazole rings is 1. The molecule has 23 heavy (non-hydrogen) atoms. The summed E-state index contributed by atoms with van der Waals surface area (Å²) in [6.07, 6.45) is 0.725. The summed E-state index contributed by atoms with van der Waals surface area (Å²) in [5.41, 5.74) is 4.09. The van der Waals surface area contributed by atoms with Crippen LogP contribution in [0.2, 0.25) is 0 Å². The van der Waals surface area contributed by atoms with E-state index in [2.05, 4.69) is 15.6 Å². The van der Waals surface area contributed by atoms with Crippen molar-refractivity contribution < 1.29 is 14.3 Å². The SMILES string of the molecule is Cc1cccc2c1OCC(NC(=O)CNC(=O)c1cscn1)C2. The molecule has 0 aliphatic carbocycles. The van der Waals surface area contributed by atoms with E-state index in [1.54, 1.807) is 10.9 Å². The van der Waals surface area contributed by atoms with Crippen molar-refractivity contribution in [2.24, 2.45) is 0 Å². The molecular weight excluding hydrogens is 314 g/mol. The predicted octanol–water partition coefficient (Wildman–Crippen LogP) is 1.30. The molecule has 0 spiro atoms. The van der Waals surface area contributed by atoms with Gasteiger partial charge >= 0.3 is 0 Å². The Morgan fingerprint density at radius 3 is 3.09 bits per heavy atom. The lowest BCUT2D eigenvalue weighted by molar-refractivity contribution is -0.121. The van der Waals surface area contributed by atoms with Crippen molar-refractivity contribution >= 4 is 23.2 Å². The molecule has 0 saturated carbocycles. The average Bonchev–Trinajstić information content (AvgIpc) is 3.07. The zero-order valence-electron chi connectivity index (χ0n) is 12.7. The molecule has 7 heteroatoms. The lowest BCUT2D eigenvalue weighted by Crippen LogP contribution is -2.46. The van der Waals surface area contributed by atoms with Gasteiger partial charge in [-0.3, -0.25) is 9.59 Å². The molecular formula is C16H17N3O3S. The minimum Gasteiger partial charge on any atom is -0.491 e. The van der Waals surface area contributed by atoms with Gasteiger partial charge in [-0.15, -0.1) is 11.3 Å². The molecule has 3 rings (SSSR count). The summed E-state index contributed by atoms with van der Waals surface area (Å²) in [4.78, 5) is 27.6. The number of hydrogen-bond donors (Lipinski definition) is 2. The third-order valence-corrected chi connectivity index (χ3v) is 4.21. The van der Waals surface area contributed by atoms with Gasteiger partial charge < -0.3 is 15.4 Å². The quantitative estimate of drug-likeness (QED) is 0.885. The van der Waals surface area contributed by atoms with Gasteiger partial charge in [0.15, 0.2) is 0 Å². The molecule has 120 valence electrons. The highest BCUT2D eigenvalue weighted by Gasteiger charge is 2.22. The maximum Gasteiger partial charge on any atom is 0.271 e. The third kappa shape index (κ3) is 3.68. The van der Waals surface area contributed by atoms with Crippen LogP contribution in [-0.4, -0.2) is 36.0 Å². The highest BCUT2D eigenvalue weighted by Crippen LogP contribution is 2.28. The van der Waals surface area contributed by atoms with Crippen LogP contribution in [0.1, 0.15) is 21.6 Å². The number of hydrogen-bond acceptors (Lipinski definition) is 5. The van der Waals surface area contributed by atoms with E-state index in [1.807, 2.05) is 25.1 Å². The number of para-hydroxylation sites is 1. The van der Waals surface area contributed by atoms with Gasteiger partial charge in [0.25, 0.3) is 5.91 Å². The van der Waals surface area contributed by atoms with Crippen molar-refractivity contribution in [1.29, 1.82) is 0 Å². The Morgan fingerprint density at radius 1 is 1.43 bits per heavy atom. The number of benzene rings is 1. The lowest BCUT2D eigenvalue weighted by atomic mass is 10.00. The van der Waals surface area contributed by atoms with E-state index in [-0.39, 0.29) is 24.4 Å². The van der Waals surface area contributed by atoms with Crippen LogP contribution in [0.25, 0.3) is 0 Å². The fourth-order valence-electron chi connectivity index (χ4n) is 2.54. The molecule has 1 atom stereocenters. The van der Waals surface area contributed by atoms with Crippen molar-refractivity contribution in [2.75, 3.05) is 13.2 Å². The Kier molecular flexibility index (Phi) is 4.57. The van der Waals surface area contributed by atoms with Crippen LogP contribution in [0, 0.1) is 6.92 Å². The lowest BCUT2D eigenvalue weighted by Gasteiger charge is -2.27. The summed E-state index contributed by atoms with van der Waals surface area (Å²) in [5.74, 6) is 0.329. The van der Waals surface area contributed by atoms with Gasteiger partial charge in [-0.25, -0.2) is 4.98 Å². The molecule has 1 aliphatic heterocycles. The van der Waals surface area contributed by atoms with Crippen LogP contribution >= 0.6 is 11.3 Å². The number of ether oxygens (including phenoxy) is 1. The molecule has 2 heterocycles. The summed E-state index contributed by atoms with van der Waals surface area (Å²) >= 11 is 1.34. The van der Waals surface area contributed by atoms with Crippen molar-refractivity contribution in [2.45, 2.75) is 19.4 Å². The van der Waals surface area contributed by atoms with Crippen LogP contribution < -0.4 is 15.4 Å². The van der Waals surface area contributed by atoms with Crippen molar-refractivity contribution in [3.05, 3.63) is 45.9 Å². The van der Waals surface area contributed by atoms with Gasteiger partial charge in [-0.1, -0.05) is 18.2 Å². The number of rotatable bonds is 4. The van der Waals surface area contributed by atoms with Gasteiger partial charge in [-0.2, -0.15) is 0 Å². The van der Waals surface area contributed by atoms with Gasteiger partial charge in [0.1, 0.15) is 18.1 Å².